The fraction of sp³-hybridized carbons (Fsp3) is 0.167. The van der Waals surface area contributed by atoms with Gasteiger partial charge >= 0.3 is 0 Å². The Kier molecular flexibility index (Phi) is 3.91. The van der Waals surface area contributed by atoms with Crippen LogP contribution in [0.15, 0.2) is 39.9 Å². The summed E-state index contributed by atoms with van der Waals surface area (Å²) in [5.74, 6) is -0.0638. The van der Waals surface area contributed by atoms with Crippen molar-refractivity contribution in [2.75, 3.05) is 11.5 Å². The summed E-state index contributed by atoms with van der Waals surface area (Å²) < 4.78 is 25.4. The van der Waals surface area contributed by atoms with Gasteiger partial charge in [0.2, 0.25) is 0 Å². The van der Waals surface area contributed by atoms with Crippen molar-refractivity contribution >= 4 is 27.8 Å². The summed E-state index contributed by atoms with van der Waals surface area (Å²) in [6.45, 7) is 0. The molecule has 0 bridgehead atoms. The molecule has 2 nitrogen and oxygen atoms in total. The number of hydrogen-bond donors (Lipinski definition) is 1. The van der Waals surface area contributed by atoms with Gasteiger partial charge in [0.15, 0.2) is 0 Å². The second-order valence-corrected chi connectivity index (χ2v) is 5.94. The Labute approximate surface area is 106 Å². The number of benzene rings is 1. The van der Waals surface area contributed by atoms with Crippen LogP contribution in [0, 0.1) is 5.82 Å². The van der Waals surface area contributed by atoms with Gasteiger partial charge in [0.1, 0.15) is 5.82 Å². The standard InChI is InChI=1S/C12H12FNOS2/c13-11-7-10(14)1-2-12(11)17(15)6-4-9-3-5-16-8-9/h1-3,5,7-8H,4,6,14H2. The number of thiophene rings is 1. The first-order valence-corrected chi connectivity index (χ1v) is 7.37. The fourth-order valence-electron chi connectivity index (χ4n) is 1.46. The largest absolute Gasteiger partial charge is 0.399 e. The van der Waals surface area contributed by atoms with Crippen molar-refractivity contribution in [1.29, 1.82) is 0 Å². The third-order valence-corrected chi connectivity index (χ3v) is 4.49. The van der Waals surface area contributed by atoms with E-state index in [9.17, 15) is 8.60 Å². The van der Waals surface area contributed by atoms with Gasteiger partial charge < -0.3 is 5.73 Å². The average Bonchev–Trinajstić information content (AvgIpc) is 2.78. The Bertz CT molecular complexity index is 525. The molecule has 0 saturated heterocycles. The predicted octanol–water partition coefficient (Wildman–Crippen LogP) is 2.82. The fourth-order valence-corrected chi connectivity index (χ4v) is 3.30. The number of anilines is 1. The van der Waals surface area contributed by atoms with Crippen molar-refractivity contribution in [2.45, 2.75) is 11.3 Å². The summed E-state index contributed by atoms with van der Waals surface area (Å²) in [6.07, 6.45) is 0.694. The molecule has 1 atom stereocenters. The minimum absolute atomic E-state index is 0.231. The lowest BCUT2D eigenvalue weighted by Gasteiger charge is -2.04. The third-order valence-electron chi connectivity index (χ3n) is 2.36. The molecule has 0 aliphatic heterocycles. The van der Waals surface area contributed by atoms with Crippen molar-refractivity contribution in [3.63, 3.8) is 0 Å². The van der Waals surface area contributed by atoms with Crippen LogP contribution in [0.1, 0.15) is 5.56 Å². The van der Waals surface area contributed by atoms with Crippen LogP contribution < -0.4 is 5.73 Å². The molecule has 0 fully saturated rings. The van der Waals surface area contributed by atoms with Crippen LogP contribution in [-0.4, -0.2) is 9.96 Å². The summed E-state index contributed by atoms with van der Waals surface area (Å²) in [5, 5.41) is 3.98. The van der Waals surface area contributed by atoms with Crippen LogP contribution in [0.3, 0.4) is 0 Å². The molecule has 1 aromatic carbocycles. The number of rotatable bonds is 4. The summed E-state index contributed by atoms with van der Waals surface area (Å²) in [6, 6.07) is 6.26. The second kappa shape index (κ2) is 5.42. The van der Waals surface area contributed by atoms with Crippen LogP contribution in [0.2, 0.25) is 0 Å². The van der Waals surface area contributed by atoms with E-state index in [0.29, 0.717) is 17.9 Å². The van der Waals surface area contributed by atoms with Gasteiger partial charge in [0, 0.05) is 11.4 Å². The summed E-state index contributed by atoms with van der Waals surface area (Å²) in [5.41, 5.74) is 6.93. The van der Waals surface area contributed by atoms with Crippen LogP contribution in [-0.2, 0) is 17.2 Å². The first kappa shape index (κ1) is 12.3. The summed E-state index contributed by atoms with van der Waals surface area (Å²) in [7, 11) is -1.31. The smallest absolute Gasteiger partial charge is 0.141 e. The maximum Gasteiger partial charge on any atom is 0.141 e. The van der Waals surface area contributed by atoms with E-state index in [0.717, 1.165) is 5.56 Å². The van der Waals surface area contributed by atoms with Gasteiger partial charge in [-0.15, -0.1) is 0 Å². The van der Waals surface area contributed by atoms with Gasteiger partial charge in [-0.1, -0.05) is 0 Å². The van der Waals surface area contributed by atoms with Crippen LogP contribution >= 0.6 is 11.3 Å². The molecule has 0 radical (unpaired) electrons. The quantitative estimate of drug-likeness (QED) is 0.867. The van der Waals surface area contributed by atoms with E-state index in [1.807, 2.05) is 16.8 Å². The van der Waals surface area contributed by atoms with Crippen molar-refractivity contribution < 1.29 is 8.60 Å². The van der Waals surface area contributed by atoms with E-state index < -0.39 is 16.6 Å². The summed E-state index contributed by atoms with van der Waals surface area (Å²) in [4.78, 5) is 0.231. The Morgan fingerprint density at radius 3 is 2.82 bits per heavy atom. The first-order chi connectivity index (χ1) is 8.16. The zero-order valence-electron chi connectivity index (χ0n) is 9.06. The van der Waals surface area contributed by atoms with Gasteiger partial charge in [0.25, 0.3) is 0 Å². The Hall–Kier alpha value is -1.20. The van der Waals surface area contributed by atoms with E-state index in [-0.39, 0.29) is 4.90 Å². The topological polar surface area (TPSA) is 43.1 Å². The van der Waals surface area contributed by atoms with Gasteiger partial charge in [-0.05, 0) is 47.0 Å². The molecular formula is C12H12FNOS2. The molecule has 0 aliphatic carbocycles. The van der Waals surface area contributed by atoms with Crippen molar-refractivity contribution in [1.82, 2.24) is 0 Å². The highest BCUT2D eigenvalue weighted by Gasteiger charge is 2.10. The van der Waals surface area contributed by atoms with Crippen LogP contribution in [0.5, 0.6) is 0 Å². The summed E-state index contributed by atoms with van der Waals surface area (Å²) >= 11 is 1.60. The Morgan fingerprint density at radius 2 is 2.18 bits per heavy atom. The van der Waals surface area contributed by atoms with Gasteiger partial charge in [-0.2, -0.15) is 11.3 Å². The van der Waals surface area contributed by atoms with E-state index in [4.69, 9.17) is 5.73 Å². The van der Waals surface area contributed by atoms with Gasteiger partial charge in [-0.3, -0.25) is 4.21 Å². The van der Waals surface area contributed by atoms with Crippen molar-refractivity contribution in [2.24, 2.45) is 0 Å². The number of nitrogens with two attached hydrogens (primary N) is 1. The van der Waals surface area contributed by atoms with Crippen LogP contribution in [0.25, 0.3) is 0 Å². The van der Waals surface area contributed by atoms with E-state index in [2.05, 4.69) is 0 Å². The normalized spacial score (nSPS) is 12.5. The SMILES string of the molecule is Nc1ccc(S(=O)CCc2ccsc2)c(F)c1. The zero-order valence-corrected chi connectivity index (χ0v) is 10.7. The van der Waals surface area contributed by atoms with Crippen LogP contribution in [0.4, 0.5) is 10.1 Å². The molecule has 2 N–H and O–H groups in total. The van der Waals surface area contributed by atoms with Gasteiger partial charge in [0.05, 0.1) is 15.7 Å². The molecule has 0 amide bonds. The number of nitrogen functional groups attached to an aromatic ring is 1. The highest BCUT2D eigenvalue weighted by atomic mass is 32.2. The third kappa shape index (κ3) is 3.14. The highest BCUT2D eigenvalue weighted by molar-refractivity contribution is 7.85. The van der Waals surface area contributed by atoms with Crippen molar-refractivity contribution in [3.05, 3.63) is 46.4 Å². The van der Waals surface area contributed by atoms with Gasteiger partial charge in [-0.25, -0.2) is 4.39 Å². The molecular weight excluding hydrogens is 257 g/mol. The molecule has 17 heavy (non-hydrogen) atoms. The molecule has 5 heteroatoms. The molecule has 0 spiro atoms. The zero-order chi connectivity index (χ0) is 12.3. The molecule has 1 aromatic heterocycles. The lowest BCUT2D eigenvalue weighted by molar-refractivity contribution is 0.596. The molecule has 0 aliphatic rings. The van der Waals surface area contributed by atoms with Crippen molar-refractivity contribution in [3.8, 4) is 0 Å². The molecule has 90 valence electrons. The average molecular weight is 269 g/mol. The van der Waals surface area contributed by atoms with E-state index >= 15 is 0 Å². The maximum absolute atomic E-state index is 13.5. The van der Waals surface area contributed by atoms with E-state index in [1.54, 1.807) is 17.4 Å². The Balaban J connectivity index is 2.04. The molecule has 2 aromatic rings. The van der Waals surface area contributed by atoms with E-state index in [1.165, 1.54) is 12.1 Å². The second-order valence-electron chi connectivity index (χ2n) is 3.62. The minimum atomic E-state index is -1.31. The minimum Gasteiger partial charge on any atom is -0.399 e. The molecule has 1 heterocycles. The predicted molar refractivity (Wildman–Crippen MR) is 70.1 cm³/mol. The maximum atomic E-state index is 13.5. The first-order valence-electron chi connectivity index (χ1n) is 5.11. The highest BCUT2D eigenvalue weighted by Crippen LogP contribution is 2.17. The number of hydrogen-bond acceptors (Lipinski definition) is 3. The lowest BCUT2D eigenvalue weighted by Crippen LogP contribution is -2.03. The number of aryl methyl sites for hydroxylation is 1. The molecule has 0 saturated carbocycles. The Morgan fingerprint density at radius 1 is 1.35 bits per heavy atom. The molecule has 2 rings (SSSR count). The molecule has 1 unspecified atom stereocenters. The number of halogens is 1. The monoisotopic (exact) mass is 269 g/mol. The lowest BCUT2D eigenvalue weighted by atomic mass is 10.3.